The van der Waals surface area contributed by atoms with Crippen molar-refractivity contribution >= 4 is 0 Å². The largest absolute Gasteiger partial charge is 0.508 e. The molecule has 262 valence electrons. The van der Waals surface area contributed by atoms with E-state index >= 15 is 0 Å². The van der Waals surface area contributed by atoms with Crippen LogP contribution in [0.4, 0.5) is 0 Å². The molecule has 0 atom stereocenters. The van der Waals surface area contributed by atoms with Crippen LogP contribution in [0.1, 0.15) is 22.3 Å². The molecule has 8 rings (SSSR count). The van der Waals surface area contributed by atoms with Crippen molar-refractivity contribution in [1.29, 1.82) is 0 Å². The average Bonchev–Trinajstić information content (AvgIpc) is 3.21. The molecule has 0 bridgehead atoms. The Kier molecular flexibility index (Phi) is 9.17. The normalized spacial score (nSPS) is 11.3. The lowest BCUT2D eigenvalue weighted by atomic mass is 9.61. The highest BCUT2D eigenvalue weighted by atomic mass is 16.3. The van der Waals surface area contributed by atoms with Crippen molar-refractivity contribution in [2.24, 2.45) is 0 Å². The van der Waals surface area contributed by atoms with E-state index in [1.807, 2.05) is 54.6 Å². The summed E-state index contributed by atoms with van der Waals surface area (Å²) in [6.07, 6.45) is 0.531. The number of benzene rings is 8. The van der Waals surface area contributed by atoms with Gasteiger partial charge in [0.2, 0.25) is 0 Å². The van der Waals surface area contributed by atoms with Crippen molar-refractivity contribution in [2.75, 3.05) is 0 Å². The molecule has 0 spiro atoms. The average molecular weight is 703 g/mol. The van der Waals surface area contributed by atoms with Gasteiger partial charge in [-0.05, 0) is 122 Å². The molecule has 0 fully saturated rings. The van der Waals surface area contributed by atoms with Gasteiger partial charge in [0, 0.05) is 0 Å². The number of hydrogen-bond acceptors (Lipinski definition) is 4. The van der Waals surface area contributed by atoms with Crippen LogP contribution in [0.15, 0.2) is 194 Å². The molecule has 54 heavy (non-hydrogen) atoms. The number of rotatable bonds is 9. The predicted octanol–water partition coefficient (Wildman–Crippen LogP) is 11.8. The summed E-state index contributed by atoms with van der Waals surface area (Å²) in [5, 5.41) is 41.3. The molecular formula is C50H38O4. The third-order valence-corrected chi connectivity index (χ3v) is 10.3. The van der Waals surface area contributed by atoms with E-state index in [1.54, 1.807) is 48.5 Å². The van der Waals surface area contributed by atoms with Gasteiger partial charge < -0.3 is 20.4 Å². The zero-order valence-electron chi connectivity index (χ0n) is 29.5. The predicted molar refractivity (Wildman–Crippen MR) is 218 cm³/mol. The summed E-state index contributed by atoms with van der Waals surface area (Å²) in [6.45, 7) is 0. The van der Waals surface area contributed by atoms with Gasteiger partial charge in [0.05, 0.1) is 5.41 Å². The molecule has 0 radical (unpaired) electrons. The van der Waals surface area contributed by atoms with Crippen molar-refractivity contribution < 1.29 is 20.4 Å². The molecule has 8 aromatic rings. The maximum absolute atomic E-state index is 10.4. The Balaban J connectivity index is 1.53. The van der Waals surface area contributed by atoms with Crippen LogP contribution in [0.2, 0.25) is 0 Å². The van der Waals surface area contributed by atoms with E-state index < -0.39 is 5.41 Å². The molecular weight excluding hydrogens is 665 g/mol. The second kappa shape index (κ2) is 14.5. The molecule has 8 aromatic carbocycles. The van der Waals surface area contributed by atoms with E-state index in [0.717, 1.165) is 66.8 Å². The summed E-state index contributed by atoms with van der Waals surface area (Å²) in [6, 6.07) is 63.4. The molecule has 4 heteroatoms. The Morgan fingerprint density at radius 1 is 0.278 bits per heavy atom. The van der Waals surface area contributed by atoms with Gasteiger partial charge in [-0.15, -0.1) is 0 Å². The molecule has 0 saturated carbocycles. The van der Waals surface area contributed by atoms with Crippen molar-refractivity contribution in [3.8, 4) is 67.5 Å². The third-order valence-electron chi connectivity index (χ3n) is 10.3. The van der Waals surface area contributed by atoms with Crippen LogP contribution in [0.3, 0.4) is 0 Å². The van der Waals surface area contributed by atoms with Gasteiger partial charge in [-0.25, -0.2) is 0 Å². The maximum Gasteiger partial charge on any atom is 0.115 e. The van der Waals surface area contributed by atoms with Crippen LogP contribution in [-0.2, 0) is 11.8 Å². The second-order valence-electron chi connectivity index (χ2n) is 13.6. The van der Waals surface area contributed by atoms with Gasteiger partial charge in [0.15, 0.2) is 0 Å². The van der Waals surface area contributed by atoms with Crippen LogP contribution < -0.4 is 0 Å². The van der Waals surface area contributed by atoms with E-state index in [2.05, 4.69) is 91.0 Å². The Hall–Kier alpha value is -7.04. The summed E-state index contributed by atoms with van der Waals surface area (Å²) in [4.78, 5) is 0. The van der Waals surface area contributed by atoms with Crippen LogP contribution in [0, 0.1) is 0 Å². The van der Waals surface area contributed by atoms with Gasteiger partial charge in [0.25, 0.3) is 0 Å². The minimum atomic E-state index is -0.871. The molecule has 0 amide bonds. The smallest absolute Gasteiger partial charge is 0.115 e. The van der Waals surface area contributed by atoms with Crippen LogP contribution >= 0.6 is 0 Å². The highest BCUT2D eigenvalue weighted by molar-refractivity contribution is 5.82. The zero-order chi connectivity index (χ0) is 37.1. The summed E-state index contributed by atoms with van der Waals surface area (Å²) < 4.78 is 0. The van der Waals surface area contributed by atoms with Crippen molar-refractivity contribution in [3.63, 3.8) is 0 Å². The standard InChI is InChI=1S/C50H38O4/c51-39-25-17-34(18-26-39)43-10-2-1-9-38(43)33-50(47-14-6-3-11-44(47)35-19-27-40(52)28-20-35,48-15-7-4-12-45(48)36-21-29-41(53)30-22-36)49-16-8-5-13-46(49)37-23-31-42(54)32-24-37/h1-32,51-54H,33H2. The minimum Gasteiger partial charge on any atom is -0.508 e. The number of phenolic OH excluding ortho intramolecular Hbond substituents is 4. The molecule has 0 saturated heterocycles. The summed E-state index contributed by atoms with van der Waals surface area (Å²) >= 11 is 0. The molecule has 0 aliphatic carbocycles. The van der Waals surface area contributed by atoms with E-state index in [1.165, 1.54) is 0 Å². The third kappa shape index (κ3) is 6.46. The fraction of sp³-hybridized carbons (Fsp3) is 0.0400. The Bertz CT molecular complexity index is 2320. The Morgan fingerprint density at radius 3 is 0.870 bits per heavy atom. The monoisotopic (exact) mass is 702 g/mol. The molecule has 0 heterocycles. The highest BCUT2D eigenvalue weighted by Gasteiger charge is 2.42. The SMILES string of the molecule is Oc1ccc(-c2ccccc2CC(c2ccccc2-c2ccc(O)cc2)(c2ccccc2-c2ccc(O)cc2)c2ccccc2-c2ccc(O)cc2)cc1. The van der Waals surface area contributed by atoms with Crippen LogP contribution in [-0.4, -0.2) is 20.4 Å². The molecule has 4 N–H and O–H groups in total. The number of phenols is 4. The molecule has 0 unspecified atom stereocenters. The Labute approximate surface area is 315 Å². The summed E-state index contributed by atoms with van der Waals surface area (Å²) in [7, 11) is 0. The minimum absolute atomic E-state index is 0.195. The maximum atomic E-state index is 10.4. The first-order valence-electron chi connectivity index (χ1n) is 17.9. The van der Waals surface area contributed by atoms with Gasteiger partial charge in [-0.3, -0.25) is 0 Å². The van der Waals surface area contributed by atoms with Crippen LogP contribution in [0.5, 0.6) is 23.0 Å². The molecule has 4 nitrogen and oxygen atoms in total. The van der Waals surface area contributed by atoms with E-state index in [-0.39, 0.29) is 23.0 Å². The Morgan fingerprint density at radius 2 is 0.537 bits per heavy atom. The fourth-order valence-electron chi connectivity index (χ4n) is 7.85. The fourth-order valence-corrected chi connectivity index (χ4v) is 7.85. The molecule has 0 aliphatic rings. The number of hydrogen-bond donors (Lipinski definition) is 4. The van der Waals surface area contributed by atoms with E-state index in [0.29, 0.717) is 6.42 Å². The van der Waals surface area contributed by atoms with Crippen molar-refractivity contribution in [3.05, 3.63) is 216 Å². The zero-order valence-corrected chi connectivity index (χ0v) is 29.5. The second-order valence-corrected chi connectivity index (χ2v) is 13.6. The quantitative estimate of drug-likeness (QED) is 0.113. The summed E-state index contributed by atoms with van der Waals surface area (Å²) in [5.41, 5.74) is 11.4. The van der Waals surface area contributed by atoms with Gasteiger partial charge in [0.1, 0.15) is 23.0 Å². The lowest BCUT2D eigenvalue weighted by molar-refractivity contribution is 0.475. The first kappa shape index (κ1) is 34.1. The topological polar surface area (TPSA) is 80.9 Å². The van der Waals surface area contributed by atoms with Gasteiger partial charge in [-0.1, -0.05) is 146 Å². The van der Waals surface area contributed by atoms with Crippen molar-refractivity contribution in [2.45, 2.75) is 11.8 Å². The van der Waals surface area contributed by atoms with Gasteiger partial charge >= 0.3 is 0 Å². The lowest BCUT2D eigenvalue weighted by Gasteiger charge is -2.41. The van der Waals surface area contributed by atoms with E-state index in [4.69, 9.17) is 0 Å². The summed E-state index contributed by atoms with van der Waals surface area (Å²) in [5.74, 6) is 0.793. The van der Waals surface area contributed by atoms with Crippen molar-refractivity contribution in [1.82, 2.24) is 0 Å². The molecule has 0 aliphatic heterocycles. The first-order valence-corrected chi connectivity index (χ1v) is 17.9. The lowest BCUT2D eigenvalue weighted by Crippen LogP contribution is -2.34. The number of aromatic hydroxyl groups is 4. The first-order chi connectivity index (χ1) is 26.4. The van der Waals surface area contributed by atoms with E-state index in [9.17, 15) is 20.4 Å². The van der Waals surface area contributed by atoms with Gasteiger partial charge in [-0.2, -0.15) is 0 Å². The molecule has 0 aromatic heterocycles. The van der Waals surface area contributed by atoms with Crippen LogP contribution in [0.25, 0.3) is 44.5 Å². The highest BCUT2D eigenvalue weighted by Crippen LogP contribution is 2.52.